The van der Waals surface area contributed by atoms with Crippen LogP contribution in [0.1, 0.15) is 20.2 Å². The summed E-state index contributed by atoms with van der Waals surface area (Å²) in [6.45, 7) is 5.88. The molecule has 0 saturated carbocycles. The summed E-state index contributed by atoms with van der Waals surface area (Å²) in [6.07, 6.45) is 3.37. The Labute approximate surface area is 205 Å². The number of hydrogen-bond acceptors (Lipinski definition) is 7. The van der Waals surface area contributed by atoms with Crippen LogP contribution in [-0.4, -0.2) is 56.8 Å². The number of nitrogens with zero attached hydrogens (tertiary/aromatic N) is 5. The van der Waals surface area contributed by atoms with Crippen LogP contribution in [0.4, 0.5) is 0 Å². The molecule has 1 aliphatic rings. The van der Waals surface area contributed by atoms with Gasteiger partial charge in [0.05, 0.1) is 5.69 Å². The van der Waals surface area contributed by atoms with Gasteiger partial charge in [-0.2, -0.15) is 0 Å². The zero-order chi connectivity index (χ0) is 22.8. The third-order valence-corrected chi connectivity index (χ3v) is 8.05. The molecule has 9 heteroatoms. The van der Waals surface area contributed by atoms with Crippen molar-refractivity contribution in [2.75, 3.05) is 26.2 Å². The highest BCUT2D eigenvalue weighted by Crippen LogP contribution is 2.31. The number of rotatable bonds is 5. The van der Waals surface area contributed by atoms with Crippen LogP contribution in [0.25, 0.3) is 21.3 Å². The largest absolute Gasteiger partial charge is 0.335 e. The fourth-order valence-electron chi connectivity index (χ4n) is 3.83. The Balaban J connectivity index is 1.20. The SMILES string of the molecule is Cc1nc(-c2ncccn2)sc1C(=O)N1CCN(Cc2ccc(-c3cccc(Cl)c3)s2)CC1. The number of aromatic nitrogens is 3. The lowest BCUT2D eigenvalue weighted by atomic mass is 10.2. The molecule has 0 spiro atoms. The summed E-state index contributed by atoms with van der Waals surface area (Å²) in [5.41, 5.74) is 1.89. The van der Waals surface area contributed by atoms with Crippen molar-refractivity contribution in [3.63, 3.8) is 0 Å². The second kappa shape index (κ2) is 9.69. The highest BCUT2D eigenvalue weighted by molar-refractivity contribution is 7.17. The monoisotopic (exact) mass is 495 g/mol. The quantitative estimate of drug-likeness (QED) is 0.378. The predicted molar refractivity (Wildman–Crippen MR) is 134 cm³/mol. The molecule has 1 aliphatic heterocycles. The Morgan fingerprint density at radius 2 is 1.82 bits per heavy atom. The first kappa shape index (κ1) is 22.2. The minimum absolute atomic E-state index is 0.0474. The van der Waals surface area contributed by atoms with E-state index in [1.807, 2.05) is 30.0 Å². The molecule has 4 heterocycles. The van der Waals surface area contributed by atoms with Gasteiger partial charge in [-0.25, -0.2) is 15.0 Å². The van der Waals surface area contributed by atoms with Gasteiger partial charge in [-0.1, -0.05) is 23.7 Å². The molecular formula is C24H22ClN5OS2. The van der Waals surface area contributed by atoms with Crippen LogP contribution < -0.4 is 0 Å². The summed E-state index contributed by atoms with van der Waals surface area (Å²) in [5.74, 6) is 0.605. The van der Waals surface area contributed by atoms with E-state index in [0.717, 1.165) is 35.9 Å². The summed E-state index contributed by atoms with van der Waals surface area (Å²) in [6, 6.07) is 14.1. The van der Waals surface area contributed by atoms with Gasteiger partial charge in [0.25, 0.3) is 5.91 Å². The van der Waals surface area contributed by atoms with Gasteiger partial charge in [0.1, 0.15) is 4.88 Å². The third-order valence-electron chi connectivity index (χ3n) is 5.56. The van der Waals surface area contributed by atoms with E-state index in [1.165, 1.54) is 21.1 Å². The molecule has 168 valence electrons. The van der Waals surface area contributed by atoms with E-state index in [-0.39, 0.29) is 5.91 Å². The van der Waals surface area contributed by atoms with Gasteiger partial charge in [-0.3, -0.25) is 9.69 Å². The Hall–Kier alpha value is -2.65. The van der Waals surface area contributed by atoms with Crippen LogP contribution in [0.3, 0.4) is 0 Å². The van der Waals surface area contributed by atoms with Crippen molar-refractivity contribution in [3.05, 3.63) is 75.3 Å². The van der Waals surface area contributed by atoms with Crippen molar-refractivity contribution >= 4 is 40.2 Å². The second-order valence-corrected chi connectivity index (χ2v) is 10.5. The Morgan fingerprint density at radius 1 is 1.03 bits per heavy atom. The first-order valence-corrected chi connectivity index (χ1v) is 12.7. The summed E-state index contributed by atoms with van der Waals surface area (Å²) >= 11 is 9.30. The number of benzene rings is 1. The standard InChI is InChI=1S/C24H22ClN5OS2/c1-16-21(33-23(28-16)22-26-8-3-9-27-22)24(31)30-12-10-29(11-13-30)15-19-6-7-20(32-19)17-4-2-5-18(25)14-17/h2-9,14H,10-13,15H2,1H3. The fourth-order valence-corrected chi connectivity index (χ4v) is 6.05. The van der Waals surface area contributed by atoms with Crippen LogP contribution in [0.15, 0.2) is 54.9 Å². The van der Waals surface area contributed by atoms with Crippen LogP contribution in [0.2, 0.25) is 5.02 Å². The van der Waals surface area contributed by atoms with E-state index in [9.17, 15) is 4.79 Å². The Morgan fingerprint density at radius 3 is 2.58 bits per heavy atom. The van der Waals surface area contributed by atoms with Crippen molar-refractivity contribution < 1.29 is 4.79 Å². The number of thiazole rings is 1. The van der Waals surface area contributed by atoms with E-state index in [2.05, 4.69) is 38.1 Å². The van der Waals surface area contributed by atoms with Gasteiger partial charge in [0.2, 0.25) is 0 Å². The number of hydrogen-bond donors (Lipinski definition) is 0. The maximum Gasteiger partial charge on any atom is 0.265 e. The molecule has 5 rings (SSSR count). The number of halogens is 1. The highest BCUT2D eigenvalue weighted by atomic mass is 35.5. The zero-order valence-corrected chi connectivity index (χ0v) is 20.5. The molecule has 1 fully saturated rings. The van der Waals surface area contributed by atoms with Gasteiger partial charge < -0.3 is 4.90 Å². The van der Waals surface area contributed by atoms with Crippen LogP contribution >= 0.6 is 34.3 Å². The Bertz CT molecular complexity index is 1260. The van der Waals surface area contributed by atoms with E-state index >= 15 is 0 Å². The zero-order valence-electron chi connectivity index (χ0n) is 18.1. The smallest absolute Gasteiger partial charge is 0.265 e. The lowest BCUT2D eigenvalue weighted by molar-refractivity contribution is 0.0633. The minimum Gasteiger partial charge on any atom is -0.335 e. The number of amides is 1. The normalized spacial score (nSPS) is 14.5. The number of thiophene rings is 1. The molecule has 4 aromatic rings. The molecule has 1 saturated heterocycles. The molecule has 1 amide bonds. The number of carbonyl (C=O) groups excluding carboxylic acids is 1. The Kier molecular flexibility index (Phi) is 6.50. The maximum absolute atomic E-state index is 13.1. The maximum atomic E-state index is 13.1. The first-order valence-electron chi connectivity index (χ1n) is 10.7. The molecular weight excluding hydrogens is 474 g/mol. The van der Waals surface area contributed by atoms with Crippen molar-refractivity contribution in [2.24, 2.45) is 0 Å². The van der Waals surface area contributed by atoms with Crippen molar-refractivity contribution in [1.82, 2.24) is 24.8 Å². The molecule has 0 radical (unpaired) electrons. The fraction of sp³-hybridized carbons (Fsp3) is 0.250. The summed E-state index contributed by atoms with van der Waals surface area (Å²) in [5, 5.41) is 1.44. The van der Waals surface area contributed by atoms with Crippen molar-refractivity contribution in [2.45, 2.75) is 13.5 Å². The third kappa shape index (κ3) is 4.99. The van der Waals surface area contributed by atoms with Gasteiger partial charge in [0.15, 0.2) is 10.8 Å². The van der Waals surface area contributed by atoms with Gasteiger partial charge >= 0.3 is 0 Å². The molecule has 0 N–H and O–H groups in total. The molecule has 0 bridgehead atoms. The van der Waals surface area contributed by atoms with Crippen LogP contribution in [-0.2, 0) is 6.54 Å². The number of carbonyl (C=O) groups is 1. The van der Waals surface area contributed by atoms with Gasteiger partial charge in [-0.05, 0) is 42.8 Å². The number of aryl methyl sites for hydroxylation is 1. The minimum atomic E-state index is 0.0474. The van der Waals surface area contributed by atoms with E-state index in [0.29, 0.717) is 28.8 Å². The highest BCUT2D eigenvalue weighted by Gasteiger charge is 2.26. The van der Waals surface area contributed by atoms with Gasteiger partial charge in [-0.15, -0.1) is 22.7 Å². The van der Waals surface area contributed by atoms with Crippen LogP contribution in [0, 0.1) is 6.92 Å². The van der Waals surface area contributed by atoms with E-state index in [1.54, 1.807) is 29.8 Å². The second-order valence-electron chi connectivity index (χ2n) is 7.85. The average molecular weight is 496 g/mol. The summed E-state index contributed by atoms with van der Waals surface area (Å²) < 4.78 is 0. The molecule has 3 aromatic heterocycles. The van der Waals surface area contributed by atoms with E-state index in [4.69, 9.17) is 11.6 Å². The molecule has 0 unspecified atom stereocenters. The molecule has 1 aromatic carbocycles. The van der Waals surface area contributed by atoms with Crippen molar-refractivity contribution in [3.8, 4) is 21.3 Å². The first-order chi connectivity index (χ1) is 16.1. The topological polar surface area (TPSA) is 62.2 Å². The van der Waals surface area contributed by atoms with Crippen molar-refractivity contribution in [1.29, 1.82) is 0 Å². The predicted octanol–water partition coefficient (Wildman–Crippen LogP) is 5.25. The molecule has 0 atom stereocenters. The van der Waals surface area contributed by atoms with Crippen LogP contribution in [0.5, 0.6) is 0 Å². The summed E-state index contributed by atoms with van der Waals surface area (Å²) in [7, 11) is 0. The molecule has 33 heavy (non-hydrogen) atoms. The lowest BCUT2D eigenvalue weighted by Gasteiger charge is -2.34. The number of piperazine rings is 1. The van der Waals surface area contributed by atoms with E-state index < -0.39 is 0 Å². The molecule has 0 aliphatic carbocycles. The molecule has 6 nitrogen and oxygen atoms in total. The van der Waals surface area contributed by atoms with Gasteiger partial charge in [0, 0.05) is 59.9 Å². The lowest BCUT2D eigenvalue weighted by Crippen LogP contribution is -2.48. The average Bonchev–Trinajstić information content (AvgIpc) is 3.46. The summed E-state index contributed by atoms with van der Waals surface area (Å²) in [4.78, 5) is 33.7.